The first kappa shape index (κ1) is 27.8. The lowest BCUT2D eigenvalue weighted by molar-refractivity contribution is -0.274. The van der Waals surface area contributed by atoms with Crippen LogP contribution in [0.15, 0.2) is 48.5 Å². The SMILES string of the molecule is COc1ccc2c(O[C@@H]3CC(C(=O)O)N(C(=O)OC(C)(C)C)C3)nc(-c3ccc(OC(F)(F)F)cc3)cc2c1. The van der Waals surface area contributed by atoms with Crippen LogP contribution in [0.4, 0.5) is 18.0 Å². The van der Waals surface area contributed by atoms with Crippen LogP contribution < -0.4 is 14.2 Å². The predicted molar refractivity (Wildman–Crippen MR) is 134 cm³/mol. The molecule has 1 aromatic heterocycles. The number of hydrogen-bond donors (Lipinski definition) is 1. The first-order valence-electron chi connectivity index (χ1n) is 12.0. The van der Waals surface area contributed by atoms with Crippen molar-refractivity contribution in [2.75, 3.05) is 13.7 Å². The molecule has 39 heavy (non-hydrogen) atoms. The summed E-state index contributed by atoms with van der Waals surface area (Å²) in [6.45, 7) is 5.01. The van der Waals surface area contributed by atoms with Gasteiger partial charge in [0.2, 0.25) is 5.88 Å². The monoisotopic (exact) mass is 548 g/mol. The number of methoxy groups -OCH3 is 1. The molecule has 2 heterocycles. The third-order valence-electron chi connectivity index (χ3n) is 5.84. The Morgan fingerprint density at radius 3 is 2.28 bits per heavy atom. The summed E-state index contributed by atoms with van der Waals surface area (Å²) in [5.41, 5.74) is 0.0654. The van der Waals surface area contributed by atoms with Crippen LogP contribution in [0.25, 0.3) is 22.0 Å². The summed E-state index contributed by atoms with van der Waals surface area (Å²) < 4.78 is 58.5. The summed E-state index contributed by atoms with van der Waals surface area (Å²) in [5, 5.41) is 11.0. The van der Waals surface area contributed by atoms with Gasteiger partial charge in [0.15, 0.2) is 0 Å². The molecule has 4 rings (SSSR count). The first-order chi connectivity index (χ1) is 18.2. The highest BCUT2D eigenvalue weighted by Gasteiger charge is 2.43. The van der Waals surface area contributed by atoms with E-state index in [1.165, 1.54) is 31.4 Å². The van der Waals surface area contributed by atoms with Crippen molar-refractivity contribution in [1.82, 2.24) is 9.88 Å². The minimum atomic E-state index is -4.82. The molecule has 3 aromatic rings. The molecule has 1 N–H and O–H groups in total. The lowest BCUT2D eigenvalue weighted by atomic mass is 10.1. The van der Waals surface area contributed by atoms with E-state index in [0.717, 1.165) is 4.90 Å². The summed E-state index contributed by atoms with van der Waals surface area (Å²) in [6, 6.07) is 11.0. The van der Waals surface area contributed by atoms with Crippen LogP contribution in [-0.2, 0) is 9.53 Å². The van der Waals surface area contributed by atoms with E-state index in [0.29, 0.717) is 27.8 Å². The van der Waals surface area contributed by atoms with Crippen LogP contribution in [0.5, 0.6) is 17.4 Å². The molecule has 12 heteroatoms. The normalized spacial score (nSPS) is 17.7. The maximum absolute atomic E-state index is 12.7. The predicted octanol–water partition coefficient (Wildman–Crippen LogP) is 5.65. The lowest BCUT2D eigenvalue weighted by Gasteiger charge is -2.26. The number of aliphatic carboxylic acids is 1. The van der Waals surface area contributed by atoms with Crippen molar-refractivity contribution in [3.63, 3.8) is 0 Å². The fourth-order valence-corrected chi connectivity index (χ4v) is 4.19. The second kappa shape index (κ2) is 10.5. The summed E-state index contributed by atoms with van der Waals surface area (Å²) in [5.74, 6) is -0.842. The van der Waals surface area contributed by atoms with E-state index in [9.17, 15) is 27.9 Å². The summed E-state index contributed by atoms with van der Waals surface area (Å²) in [4.78, 5) is 30.3. The third kappa shape index (κ3) is 6.81. The molecule has 2 aromatic carbocycles. The van der Waals surface area contributed by atoms with Gasteiger partial charge in [-0.2, -0.15) is 0 Å². The second-order valence-corrected chi connectivity index (χ2v) is 9.93. The Labute approximate surface area is 222 Å². The number of amides is 1. The van der Waals surface area contributed by atoms with Gasteiger partial charge in [0, 0.05) is 17.4 Å². The van der Waals surface area contributed by atoms with Crippen LogP contribution >= 0.6 is 0 Å². The maximum Gasteiger partial charge on any atom is 0.573 e. The number of carbonyl (C=O) groups is 2. The van der Waals surface area contributed by atoms with Crippen molar-refractivity contribution < 1.29 is 46.8 Å². The second-order valence-electron chi connectivity index (χ2n) is 9.93. The van der Waals surface area contributed by atoms with Crippen molar-refractivity contribution in [1.29, 1.82) is 0 Å². The number of carboxylic acids is 1. The first-order valence-corrected chi connectivity index (χ1v) is 12.0. The Morgan fingerprint density at radius 2 is 1.69 bits per heavy atom. The van der Waals surface area contributed by atoms with Gasteiger partial charge in [-0.3, -0.25) is 4.90 Å². The van der Waals surface area contributed by atoms with Gasteiger partial charge in [-0.25, -0.2) is 14.6 Å². The van der Waals surface area contributed by atoms with Crippen LogP contribution in [0.2, 0.25) is 0 Å². The number of pyridine rings is 1. The van der Waals surface area contributed by atoms with E-state index in [-0.39, 0.29) is 24.6 Å². The quantitative estimate of drug-likeness (QED) is 0.421. The number of rotatable bonds is 6. The molecule has 0 aliphatic carbocycles. The zero-order valence-corrected chi connectivity index (χ0v) is 21.6. The van der Waals surface area contributed by atoms with Crippen LogP contribution in [0.3, 0.4) is 0 Å². The van der Waals surface area contributed by atoms with Crippen molar-refractivity contribution in [2.24, 2.45) is 0 Å². The number of benzene rings is 2. The van der Waals surface area contributed by atoms with Gasteiger partial charge in [0.1, 0.15) is 29.2 Å². The molecule has 0 saturated carbocycles. The minimum absolute atomic E-state index is 0.00160. The molecule has 1 aliphatic rings. The molecule has 0 bridgehead atoms. The van der Waals surface area contributed by atoms with E-state index >= 15 is 0 Å². The molecular formula is C27H27F3N2O7. The summed E-state index contributed by atoms with van der Waals surface area (Å²) in [6.07, 6.45) is -6.29. The van der Waals surface area contributed by atoms with E-state index in [1.807, 2.05) is 0 Å². The van der Waals surface area contributed by atoms with Crippen LogP contribution in [0.1, 0.15) is 27.2 Å². The topological polar surface area (TPSA) is 107 Å². The molecule has 0 spiro atoms. The van der Waals surface area contributed by atoms with Crippen molar-refractivity contribution in [3.05, 3.63) is 48.5 Å². The Morgan fingerprint density at radius 1 is 1.03 bits per heavy atom. The number of fused-ring (bicyclic) bond motifs is 1. The van der Waals surface area contributed by atoms with Gasteiger partial charge in [0.25, 0.3) is 0 Å². The average molecular weight is 549 g/mol. The fraction of sp³-hybridized carbons (Fsp3) is 0.370. The molecule has 9 nitrogen and oxygen atoms in total. The van der Waals surface area contributed by atoms with Crippen molar-refractivity contribution >= 4 is 22.8 Å². The number of nitrogens with zero attached hydrogens (tertiary/aromatic N) is 2. The van der Waals surface area contributed by atoms with E-state index in [2.05, 4.69) is 9.72 Å². The molecule has 0 radical (unpaired) electrons. The Hall–Kier alpha value is -4.22. The molecule has 1 aliphatic heterocycles. The van der Waals surface area contributed by atoms with Gasteiger partial charge >= 0.3 is 18.4 Å². The van der Waals surface area contributed by atoms with E-state index in [4.69, 9.17) is 14.2 Å². The van der Waals surface area contributed by atoms with Crippen LogP contribution in [0, 0.1) is 0 Å². The standard InChI is InChI=1S/C27H27F3N2O7/c1-26(2,3)39-25(35)32-14-19(13-22(32)24(33)34)37-23-20-10-9-18(36-4)11-16(20)12-21(31-23)15-5-7-17(8-6-15)38-27(28,29)30/h5-12,19,22H,13-14H2,1-4H3,(H,33,34)/t19-,22?/m1/s1. The number of likely N-dealkylation sites (tertiary alicyclic amines) is 1. The van der Waals surface area contributed by atoms with Gasteiger partial charge in [-0.05, 0) is 74.7 Å². The Kier molecular flexibility index (Phi) is 7.49. The highest BCUT2D eigenvalue weighted by Crippen LogP contribution is 2.35. The number of alkyl halides is 3. The van der Waals surface area contributed by atoms with Gasteiger partial charge < -0.3 is 24.1 Å². The van der Waals surface area contributed by atoms with Gasteiger partial charge in [-0.15, -0.1) is 13.2 Å². The lowest BCUT2D eigenvalue weighted by Crippen LogP contribution is -2.43. The molecule has 1 amide bonds. The fourth-order valence-electron chi connectivity index (χ4n) is 4.19. The Balaban J connectivity index is 1.67. The molecule has 2 atom stereocenters. The molecular weight excluding hydrogens is 521 g/mol. The van der Waals surface area contributed by atoms with Crippen molar-refractivity contribution in [2.45, 2.75) is 51.3 Å². The number of carboxylic acid groups (broad SMARTS) is 1. The van der Waals surface area contributed by atoms with E-state index < -0.39 is 36.2 Å². The van der Waals surface area contributed by atoms with Crippen molar-refractivity contribution in [3.8, 4) is 28.6 Å². The zero-order valence-electron chi connectivity index (χ0n) is 21.6. The Bertz CT molecular complexity index is 1370. The zero-order chi connectivity index (χ0) is 28.5. The summed E-state index contributed by atoms with van der Waals surface area (Å²) in [7, 11) is 1.51. The molecule has 1 unspecified atom stereocenters. The molecule has 208 valence electrons. The largest absolute Gasteiger partial charge is 0.573 e. The van der Waals surface area contributed by atoms with E-state index in [1.54, 1.807) is 45.0 Å². The highest BCUT2D eigenvalue weighted by molar-refractivity contribution is 5.91. The smallest absolute Gasteiger partial charge is 0.497 e. The number of halogens is 3. The number of ether oxygens (including phenoxy) is 4. The van der Waals surface area contributed by atoms with Gasteiger partial charge in [-0.1, -0.05) is 0 Å². The summed E-state index contributed by atoms with van der Waals surface area (Å²) >= 11 is 0. The minimum Gasteiger partial charge on any atom is -0.497 e. The number of aromatic nitrogens is 1. The van der Waals surface area contributed by atoms with Gasteiger partial charge in [0.05, 0.1) is 19.3 Å². The number of hydrogen-bond acceptors (Lipinski definition) is 7. The maximum atomic E-state index is 12.7. The highest BCUT2D eigenvalue weighted by atomic mass is 19.4. The third-order valence-corrected chi connectivity index (χ3v) is 5.84. The number of carbonyl (C=O) groups excluding carboxylic acids is 1. The molecule has 1 fully saturated rings. The van der Waals surface area contributed by atoms with Crippen LogP contribution in [-0.4, -0.2) is 64.8 Å². The molecule has 1 saturated heterocycles. The average Bonchev–Trinajstić information content (AvgIpc) is 3.26.